The Hall–Kier alpha value is -3.72. The summed E-state index contributed by atoms with van der Waals surface area (Å²) in [7, 11) is 6.56. The van der Waals surface area contributed by atoms with Crippen molar-refractivity contribution in [1.29, 1.82) is 0 Å². The van der Waals surface area contributed by atoms with Crippen LogP contribution in [0.25, 0.3) is 0 Å². The van der Waals surface area contributed by atoms with Crippen LogP contribution in [0, 0.1) is 29.6 Å². The Kier molecular flexibility index (Phi) is 29.5. The highest BCUT2D eigenvalue weighted by Crippen LogP contribution is 2.34. The van der Waals surface area contributed by atoms with Gasteiger partial charge in [0.25, 0.3) is 0 Å². The zero-order valence-corrected chi connectivity index (χ0v) is 46.1. The molecule has 408 valence electrons. The molecule has 0 spiro atoms. The summed E-state index contributed by atoms with van der Waals surface area (Å²) in [4.78, 5) is 85.1. The van der Waals surface area contributed by atoms with E-state index < -0.39 is 36.1 Å². The molecule has 0 unspecified atom stereocenters. The maximum Gasteiger partial charge on any atom is 0.226 e. The summed E-state index contributed by atoms with van der Waals surface area (Å²) in [5.41, 5.74) is 1.14. The van der Waals surface area contributed by atoms with Crippen molar-refractivity contribution in [1.82, 2.24) is 19.7 Å². The number of likely N-dealkylation sites (N-methyl/N-ethyl adjacent to an activating group) is 2. The number of Topliss-reactive ketones (excluding diaryl/α,β-unsaturated/α-hetero) is 2. The Morgan fingerprint density at radius 1 is 0.778 bits per heavy atom. The standard InChI is InChI=1S/C54H89N5O12S/c1-12-39(6)51(47(65-10)36-49(63)59-22-16-19-44(59)52(66-11)40(7)45(60)34-42(53-56-21-32-72-53)33-41-17-14-13-15-18-41)58(9)54(64)43(37(2)3)35-46(61)50(38(4)5)57(8)48(62)20-23-67-24-25-68-26-27-69-28-29-70-30-31-71-55/h13-15,17-18,21,32,37-40,42-44,47,50-52H,12,16,19-20,22-31,33-36,55H2,1-11H3/t39-,40-,42+,43-,44-,47+,50-,51-,52+/m0/s1. The van der Waals surface area contributed by atoms with Crippen LogP contribution in [0.5, 0.6) is 0 Å². The van der Waals surface area contributed by atoms with Crippen molar-refractivity contribution in [2.75, 3.05) is 94.3 Å². The van der Waals surface area contributed by atoms with Crippen LogP contribution in [0.3, 0.4) is 0 Å². The molecule has 0 saturated carbocycles. The predicted molar refractivity (Wildman–Crippen MR) is 278 cm³/mol. The number of ketones is 2. The zero-order chi connectivity index (χ0) is 53.2. The van der Waals surface area contributed by atoms with E-state index in [0.717, 1.165) is 17.0 Å². The first-order valence-electron chi connectivity index (χ1n) is 26.0. The van der Waals surface area contributed by atoms with Crippen molar-refractivity contribution in [2.24, 2.45) is 35.5 Å². The molecule has 1 aromatic carbocycles. The number of nitrogens with zero attached hydrogens (tertiary/aromatic N) is 4. The van der Waals surface area contributed by atoms with Crippen LogP contribution in [0.4, 0.5) is 0 Å². The van der Waals surface area contributed by atoms with Gasteiger partial charge in [0.2, 0.25) is 17.7 Å². The molecule has 1 aromatic heterocycles. The van der Waals surface area contributed by atoms with Crippen molar-refractivity contribution < 1.29 is 57.2 Å². The third kappa shape index (κ3) is 19.9. The first kappa shape index (κ1) is 62.6. The topological polar surface area (TPSA) is 199 Å². The molecule has 17 nitrogen and oxygen atoms in total. The normalized spacial score (nSPS) is 17.3. The molecule has 9 atom stereocenters. The molecule has 3 rings (SSSR count). The number of ether oxygens (including phenoxy) is 6. The van der Waals surface area contributed by atoms with Gasteiger partial charge in [-0.05, 0) is 42.6 Å². The predicted octanol–water partition coefficient (Wildman–Crippen LogP) is 6.41. The largest absolute Gasteiger partial charge is 0.379 e. The van der Waals surface area contributed by atoms with Crippen LogP contribution in [0.2, 0.25) is 0 Å². The molecule has 0 radical (unpaired) electrons. The summed E-state index contributed by atoms with van der Waals surface area (Å²) in [5.74, 6) is 2.55. The van der Waals surface area contributed by atoms with Crippen LogP contribution < -0.4 is 5.90 Å². The van der Waals surface area contributed by atoms with Crippen LogP contribution in [0.15, 0.2) is 41.9 Å². The summed E-state index contributed by atoms with van der Waals surface area (Å²) in [5, 5.41) is 2.86. The smallest absolute Gasteiger partial charge is 0.226 e. The van der Waals surface area contributed by atoms with Gasteiger partial charge in [0.1, 0.15) is 5.78 Å². The quantitative estimate of drug-likeness (QED) is 0.0572. The summed E-state index contributed by atoms with van der Waals surface area (Å²) in [6.07, 6.45) is 3.82. The lowest BCUT2D eigenvalue weighted by Gasteiger charge is -2.41. The second-order valence-electron chi connectivity index (χ2n) is 19.8. The van der Waals surface area contributed by atoms with E-state index in [-0.39, 0.29) is 84.9 Å². The number of hydrogen-bond donors (Lipinski definition) is 1. The van der Waals surface area contributed by atoms with Gasteiger partial charge in [-0.3, -0.25) is 24.0 Å². The summed E-state index contributed by atoms with van der Waals surface area (Å²) >= 11 is 1.56. The molecular weight excluding hydrogens is 943 g/mol. The number of methoxy groups -OCH3 is 2. The molecular formula is C54H89N5O12S. The Labute approximate surface area is 434 Å². The summed E-state index contributed by atoms with van der Waals surface area (Å²) in [6, 6.07) is 8.58. The third-order valence-electron chi connectivity index (χ3n) is 14.2. The number of rotatable bonds is 38. The van der Waals surface area contributed by atoms with Gasteiger partial charge in [0.15, 0.2) is 5.78 Å². The molecule has 0 bridgehead atoms. The minimum absolute atomic E-state index is 0.0185. The highest BCUT2D eigenvalue weighted by molar-refractivity contribution is 7.09. The van der Waals surface area contributed by atoms with Crippen molar-refractivity contribution >= 4 is 40.6 Å². The fourth-order valence-electron chi connectivity index (χ4n) is 9.95. The van der Waals surface area contributed by atoms with Gasteiger partial charge in [-0.25, -0.2) is 10.9 Å². The van der Waals surface area contributed by atoms with E-state index in [9.17, 15) is 24.0 Å². The van der Waals surface area contributed by atoms with E-state index in [4.69, 9.17) is 34.3 Å². The SMILES string of the molecule is CC[C@H](C)[C@@H]([C@@H](CC(=O)N1CCC[C@H]1[C@H](OC)[C@@H](C)C(=O)C[C@@H](Cc1ccccc1)c1nccs1)OC)N(C)C(=O)[C@@H](CC(=O)[C@H](C(C)C)N(C)C(=O)CCOCCOCCOCCOCCON)C(C)C. The molecule has 2 heterocycles. The lowest BCUT2D eigenvalue weighted by molar-refractivity contribution is -0.149. The molecule has 18 heteroatoms. The second kappa shape index (κ2) is 34.0. The number of carbonyl (C=O) groups is 5. The lowest BCUT2D eigenvalue weighted by Crippen LogP contribution is -2.54. The number of likely N-dealkylation sites (tertiary alicyclic amines) is 1. The van der Waals surface area contributed by atoms with Crippen molar-refractivity contribution in [2.45, 2.75) is 136 Å². The number of thiazole rings is 1. The third-order valence-corrected chi connectivity index (χ3v) is 15.1. The minimum atomic E-state index is -0.745. The number of hydrogen-bond acceptors (Lipinski definition) is 15. The molecule has 1 fully saturated rings. The molecule has 1 aliphatic heterocycles. The highest BCUT2D eigenvalue weighted by atomic mass is 32.1. The van der Waals surface area contributed by atoms with Crippen molar-refractivity contribution in [3.63, 3.8) is 0 Å². The van der Waals surface area contributed by atoms with Crippen LogP contribution in [-0.4, -0.2) is 174 Å². The van der Waals surface area contributed by atoms with E-state index in [2.05, 4.69) is 22.0 Å². The summed E-state index contributed by atoms with van der Waals surface area (Å²) in [6.45, 7) is 17.4. The average molecular weight is 1030 g/mol. The molecule has 1 aliphatic rings. The molecule has 3 amide bonds. The van der Waals surface area contributed by atoms with E-state index in [0.29, 0.717) is 85.1 Å². The fraction of sp³-hybridized carbons (Fsp3) is 0.741. The molecule has 2 aromatic rings. The zero-order valence-electron chi connectivity index (χ0n) is 45.3. The number of aromatic nitrogens is 1. The number of benzene rings is 1. The Bertz CT molecular complexity index is 1860. The lowest BCUT2D eigenvalue weighted by atomic mass is 9.83. The number of amides is 3. The van der Waals surface area contributed by atoms with Crippen LogP contribution >= 0.6 is 11.3 Å². The summed E-state index contributed by atoms with van der Waals surface area (Å²) < 4.78 is 34.2. The Morgan fingerprint density at radius 2 is 1.39 bits per heavy atom. The molecule has 1 saturated heterocycles. The van der Waals surface area contributed by atoms with Crippen molar-refractivity contribution in [3.8, 4) is 0 Å². The fourth-order valence-corrected chi connectivity index (χ4v) is 10.7. The first-order valence-corrected chi connectivity index (χ1v) is 26.9. The Balaban J connectivity index is 1.63. The van der Waals surface area contributed by atoms with E-state index in [1.165, 1.54) is 4.90 Å². The average Bonchev–Trinajstić information content (AvgIpc) is 4.09. The van der Waals surface area contributed by atoms with Crippen molar-refractivity contribution in [3.05, 3.63) is 52.5 Å². The van der Waals surface area contributed by atoms with E-state index in [1.807, 2.05) is 76.9 Å². The van der Waals surface area contributed by atoms with Crippen LogP contribution in [0.1, 0.15) is 110 Å². The first-order chi connectivity index (χ1) is 34.5. The maximum atomic E-state index is 14.7. The van der Waals surface area contributed by atoms with Gasteiger partial charge >= 0.3 is 0 Å². The van der Waals surface area contributed by atoms with Gasteiger partial charge in [0, 0.05) is 77.0 Å². The van der Waals surface area contributed by atoms with Gasteiger partial charge in [-0.1, -0.05) is 85.2 Å². The molecule has 72 heavy (non-hydrogen) atoms. The number of carbonyl (C=O) groups excluding carboxylic acids is 5. The maximum absolute atomic E-state index is 14.7. The monoisotopic (exact) mass is 1030 g/mol. The van der Waals surface area contributed by atoms with E-state index >= 15 is 0 Å². The minimum Gasteiger partial charge on any atom is -0.379 e. The molecule has 2 N–H and O–H groups in total. The van der Waals surface area contributed by atoms with Gasteiger partial charge < -0.3 is 48.0 Å². The van der Waals surface area contributed by atoms with Gasteiger partial charge in [0.05, 0.1) is 108 Å². The van der Waals surface area contributed by atoms with Gasteiger partial charge in [-0.15, -0.1) is 11.3 Å². The Morgan fingerprint density at radius 3 is 1.92 bits per heavy atom. The highest BCUT2D eigenvalue weighted by Gasteiger charge is 2.43. The molecule has 0 aliphatic carbocycles. The van der Waals surface area contributed by atoms with Gasteiger partial charge in [-0.2, -0.15) is 0 Å². The number of nitrogens with two attached hydrogens (primary N) is 1. The second-order valence-corrected chi connectivity index (χ2v) is 20.7. The van der Waals surface area contributed by atoms with E-state index in [1.54, 1.807) is 50.7 Å². The van der Waals surface area contributed by atoms with Crippen LogP contribution in [-0.2, 0) is 63.7 Å².